The molecule has 21 heavy (non-hydrogen) atoms. The van der Waals surface area contributed by atoms with Gasteiger partial charge < -0.3 is 19.7 Å². The van der Waals surface area contributed by atoms with Gasteiger partial charge in [0, 0.05) is 20.0 Å². The van der Waals surface area contributed by atoms with E-state index in [0.29, 0.717) is 24.8 Å². The minimum atomic E-state index is -0.834. The maximum Gasteiger partial charge on any atom is 0.317 e. The lowest BCUT2D eigenvalue weighted by Crippen LogP contribution is -2.39. The van der Waals surface area contributed by atoms with Gasteiger partial charge in [-0.25, -0.2) is 4.79 Å². The Morgan fingerprint density at radius 3 is 2.67 bits per heavy atom. The molecule has 2 amide bonds. The van der Waals surface area contributed by atoms with Crippen molar-refractivity contribution in [3.63, 3.8) is 0 Å². The molecule has 0 spiro atoms. The Hall–Kier alpha value is -1.98. The van der Waals surface area contributed by atoms with Gasteiger partial charge in [0.2, 0.25) is 0 Å². The SMILES string of the molecule is CC(C)C[C@H](CNC(=O)N(C)Cc1ccco1)CC(=O)O. The Labute approximate surface area is 125 Å². The van der Waals surface area contributed by atoms with E-state index < -0.39 is 5.97 Å². The fraction of sp³-hybridized carbons (Fsp3) is 0.600. The Morgan fingerprint density at radius 2 is 2.14 bits per heavy atom. The number of hydrogen-bond acceptors (Lipinski definition) is 3. The van der Waals surface area contributed by atoms with Crippen LogP contribution in [0, 0.1) is 11.8 Å². The van der Waals surface area contributed by atoms with E-state index in [1.54, 1.807) is 25.4 Å². The first-order valence-electron chi connectivity index (χ1n) is 7.11. The predicted molar refractivity (Wildman–Crippen MR) is 78.8 cm³/mol. The Morgan fingerprint density at radius 1 is 1.43 bits per heavy atom. The maximum absolute atomic E-state index is 12.0. The van der Waals surface area contributed by atoms with Gasteiger partial charge in [0.05, 0.1) is 12.8 Å². The van der Waals surface area contributed by atoms with Crippen molar-refractivity contribution >= 4 is 12.0 Å². The van der Waals surface area contributed by atoms with Crippen LogP contribution in [-0.4, -0.2) is 35.6 Å². The standard InChI is InChI=1S/C15H24N2O4/c1-11(2)7-12(8-14(18)19)9-16-15(20)17(3)10-13-5-4-6-21-13/h4-6,11-12H,7-10H2,1-3H3,(H,16,20)(H,18,19)/t12-/m0/s1. The molecule has 6 heteroatoms. The summed E-state index contributed by atoms with van der Waals surface area (Å²) >= 11 is 0. The van der Waals surface area contributed by atoms with Crippen LogP contribution in [0.4, 0.5) is 4.79 Å². The van der Waals surface area contributed by atoms with Gasteiger partial charge in [-0.15, -0.1) is 0 Å². The molecule has 1 aromatic heterocycles. The highest BCUT2D eigenvalue weighted by Gasteiger charge is 2.17. The van der Waals surface area contributed by atoms with Crippen molar-refractivity contribution in [2.24, 2.45) is 11.8 Å². The zero-order valence-electron chi connectivity index (χ0n) is 12.8. The van der Waals surface area contributed by atoms with Gasteiger partial charge in [-0.3, -0.25) is 4.79 Å². The van der Waals surface area contributed by atoms with Crippen LogP contribution in [0.3, 0.4) is 0 Å². The zero-order valence-corrected chi connectivity index (χ0v) is 12.8. The van der Waals surface area contributed by atoms with Crippen LogP contribution < -0.4 is 5.32 Å². The number of furan rings is 1. The topological polar surface area (TPSA) is 82.8 Å². The van der Waals surface area contributed by atoms with Gasteiger partial charge in [0.1, 0.15) is 5.76 Å². The lowest BCUT2D eigenvalue weighted by atomic mass is 9.94. The van der Waals surface area contributed by atoms with Crippen LogP contribution in [0.15, 0.2) is 22.8 Å². The normalized spacial score (nSPS) is 12.2. The molecular formula is C15H24N2O4. The minimum Gasteiger partial charge on any atom is -0.481 e. The molecule has 0 radical (unpaired) electrons. The van der Waals surface area contributed by atoms with E-state index in [1.807, 2.05) is 13.8 Å². The number of amides is 2. The number of rotatable bonds is 8. The van der Waals surface area contributed by atoms with E-state index in [1.165, 1.54) is 4.90 Å². The molecule has 2 N–H and O–H groups in total. The summed E-state index contributed by atoms with van der Waals surface area (Å²) in [6, 6.07) is 3.34. The molecule has 118 valence electrons. The summed E-state index contributed by atoms with van der Waals surface area (Å²) in [6.45, 7) is 4.83. The van der Waals surface area contributed by atoms with Crippen molar-refractivity contribution in [1.29, 1.82) is 0 Å². The highest BCUT2D eigenvalue weighted by molar-refractivity contribution is 5.74. The summed E-state index contributed by atoms with van der Waals surface area (Å²) in [6.07, 6.45) is 2.40. The van der Waals surface area contributed by atoms with Crippen LogP contribution in [0.5, 0.6) is 0 Å². The van der Waals surface area contributed by atoms with Gasteiger partial charge in [-0.05, 0) is 30.4 Å². The third kappa shape index (κ3) is 6.83. The first-order valence-corrected chi connectivity index (χ1v) is 7.11. The Kier molecular flexibility index (Phi) is 6.78. The molecular weight excluding hydrogens is 272 g/mol. The first kappa shape index (κ1) is 17.1. The summed E-state index contributed by atoms with van der Waals surface area (Å²) in [5.74, 6) is 0.214. The van der Waals surface area contributed by atoms with Crippen LogP contribution in [0.25, 0.3) is 0 Å². The van der Waals surface area contributed by atoms with E-state index >= 15 is 0 Å². The molecule has 0 bridgehead atoms. The number of aliphatic carboxylic acids is 1. The first-order chi connectivity index (χ1) is 9.88. The third-order valence-corrected chi connectivity index (χ3v) is 3.13. The van der Waals surface area contributed by atoms with E-state index in [4.69, 9.17) is 9.52 Å². The van der Waals surface area contributed by atoms with E-state index in [9.17, 15) is 9.59 Å². The van der Waals surface area contributed by atoms with Crippen molar-refractivity contribution in [2.75, 3.05) is 13.6 Å². The largest absolute Gasteiger partial charge is 0.481 e. The van der Waals surface area contributed by atoms with Crippen LogP contribution in [0.1, 0.15) is 32.4 Å². The highest BCUT2D eigenvalue weighted by Crippen LogP contribution is 2.15. The summed E-state index contributed by atoms with van der Waals surface area (Å²) < 4.78 is 5.19. The quantitative estimate of drug-likeness (QED) is 0.772. The fourth-order valence-electron chi connectivity index (χ4n) is 2.23. The average molecular weight is 296 g/mol. The van der Waals surface area contributed by atoms with Gasteiger partial charge >= 0.3 is 12.0 Å². The van der Waals surface area contributed by atoms with E-state index in [-0.39, 0.29) is 18.4 Å². The van der Waals surface area contributed by atoms with Gasteiger partial charge in [-0.1, -0.05) is 13.8 Å². The molecule has 0 saturated heterocycles. The van der Waals surface area contributed by atoms with Crippen LogP contribution in [0.2, 0.25) is 0 Å². The molecule has 0 saturated carbocycles. The van der Waals surface area contributed by atoms with Crippen LogP contribution >= 0.6 is 0 Å². The third-order valence-electron chi connectivity index (χ3n) is 3.13. The number of carbonyl (C=O) groups excluding carboxylic acids is 1. The number of carbonyl (C=O) groups is 2. The predicted octanol–water partition coefficient (Wildman–Crippen LogP) is 2.56. The van der Waals surface area contributed by atoms with Crippen LogP contribution in [-0.2, 0) is 11.3 Å². The van der Waals surface area contributed by atoms with Crippen molar-refractivity contribution in [3.8, 4) is 0 Å². The van der Waals surface area contributed by atoms with Gasteiger partial charge in [0.25, 0.3) is 0 Å². The second kappa shape index (κ2) is 8.34. The molecule has 0 aromatic carbocycles. The second-order valence-corrected chi connectivity index (χ2v) is 5.71. The highest BCUT2D eigenvalue weighted by atomic mass is 16.4. The van der Waals surface area contributed by atoms with E-state index in [0.717, 1.165) is 6.42 Å². The minimum absolute atomic E-state index is 0.0523. The molecule has 1 rings (SSSR count). The lowest BCUT2D eigenvalue weighted by Gasteiger charge is -2.21. The van der Waals surface area contributed by atoms with Crippen molar-refractivity contribution < 1.29 is 19.1 Å². The molecule has 0 aliphatic rings. The average Bonchev–Trinajstić information content (AvgIpc) is 2.86. The summed E-state index contributed by atoms with van der Waals surface area (Å²) in [4.78, 5) is 24.3. The Bertz CT molecular complexity index is 443. The number of carboxylic acids is 1. The molecule has 0 fully saturated rings. The molecule has 1 aromatic rings. The number of hydrogen-bond donors (Lipinski definition) is 2. The monoisotopic (exact) mass is 296 g/mol. The molecule has 0 unspecified atom stereocenters. The summed E-state index contributed by atoms with van der Waals surface area (Å²) in [7, 11) is 1.67. The van der Waals surface area contributed by atoms with Gasteiger partial charge in [0.15, 0.2) is 0 Å². The zero-order chi connectivity index (χ0) is 15.8. The summed E-state index contributed by atoms with van der Waals surface area (Å²) in [5, 5.41) is 11.7. The molecule has 0 aliphatic carbocycles. The maximum atomic E-state index is 12.0. The number of nitrogens with one attached hydrogen (secondary N) is 1. The molecule has 6 nitrogen and oxygen atoms in total. The second-order valence-electron chi connectivity index (χ2n) is 5.71. The molecule has 0 aliphatic heterocycles. The Balaban J connectivity index is 2.42. The van der Waals surface area contributed by atoms with Crippen molar-refractivity contribution in [2.45, 2.75) is 33.2 Å². The number of carboxylic acid groups (broad SMARTS) is 1. The van der Waals surface area contributed by atoms with Crippen molar-refractivity contribution in [1.82, 2.24) is 10.2 Å². The number of nitrogens with zero attached hydrogens (tertiary/aromatic N) is 1. The number of urea groups is 1. The smallest absolute Gasteiger partial charge is 0.317 e. The van der Waals surface area contributed by atoms with Crippen molar-refractivity contribution in [3.05, 3.63) is 24.2 Å². The lowest BCUT2D eigenvalue weighted by molar-refractivity contribution is -0.138. The fourth-order valence-corrected chi connectivity index (χ4v) is 2.23. The molecule has 1 atom stereocenters. The van der Waals surface area contributed by atoms with Gasteiger partial charge in [-0.2, -0.15) is 0 Å². The summed E-state index contributed by atoms with van der Waals surface area (Å²) in [5.41, 5.74) is 0. The van der Waals surface area contributed by atoms with E-state index in [2.05, 4.69) is 5.32 Å². The molecule has 1 heterocycles.